The summed E-state index contributed by atoms with van der Waals surface area (Å²) < 4.78 is 2.12. The predicted octanol–water partition coefficient (Wildman–Crippen LogP) is 3.74. The van der Waals surface area contributed by atoms with Crippen LogP contribution in [-0.2, 0) is 24.7 Å². The summed E-state index contributed by atoms with van der Waals surface area (Å²) in [6, 6.07) is 16.3. The molecule has 0 saturated carbocycles. The van der Waals surface area contributed by atoms with E-state index >= 15 is 0 Å². The first-order valence-corrected chi connectivity index (χ1v) is 9.44. The highest BCUT2D eigenvalue weighted by atomic mass is 16.1. The first-order valence-electron chi connectivity index (χ1n) is 9.44. The van der Waals surface area contributed by atoms with Crippen molar-refractivity contribution in [2.45, 2.75) is 25.7 Å². The van der Waals surface area contributed by atoms with Gasteiger partial charge >= 0.3 is 0 Å². The number of amides is 1. The lowest BCUT2D eigenvalue weighted by atomic mass is 10.1. The molecule has 2 N–H and O–H groups in total. The van der Waals surface area contributed by atoms with Crippen molar-refractivity contribution in [3.8, 4) is 0 Å². The van der Waals surface area contributed by atoms with Crippen LogP contribution in [0.5, 0.6) is 0 Å². The van der Waals surface area contributed by atoms with Crippen molar-refractivity contribution in [2.24, 2.45) is 7.05 Å². The van der Waals surface area contributed by atoms with Gasteiger partial charge in [0.2, 0.25) is 5.91 Å². The van der Waals surface area contributed by atoms with Crippen molar-refractivity contribution in [1.82, 2.24) is 19.9 Å². The van der Waals surface area contributed by atoms with Crippen LogP contribution in [0.4, 0.5) is 0 Å². The maximum atomic E-state index is 12.2. The van der Waals surface area contributed by atoms with E-state index in [1.807, 2.05) is 43.4 Å². The highest BCUT2D eigenvalue weighted by Gasteiger charge is 2.08. The number of rotatable bonds is 7. The minimum absolute atomic E-state index is 0.104. The third-order valence-corrected chi connectivity index (χ3v) is 4.95. The maximum Gasteiger partial charge on any atom is 0.220 e. The Morgan fingerprint density at radius 2 is 1.93 bits per heavy atom. The third kappa shape index (κ3) is 3.87. The molecule has 5 nitrogen and oxygen atoms in total. The number of fused-ring (bicyclic) bond motifs is 2. The number of aromatic amines is 1. The molecule has 4 rings (SSSR count). The molecule has 0 bridgehead atoms. The van der Waals surface area contributed by atoms with Gasteiger partial charge in [-0.3, -0.25) is 4.79 Å². The molecule has 0 aliphatic carbocycles. The molecule has 0 radical (unpaired) electrons. The fourth-order valence-corrected chi connectivity index (χ4v) is 3.57. The van der Waals surface area contributed by atoms with Crippen molar-refractivity contribution < 1.29 is 4.79 Å². The van der Waals surface area contributed by atoms with E-state index in [1.165, 1.54) is 16.5 Å². The zero-order valence-corrected chi connectivity index (χ0v) is 15.5. The maximum absolute atomic E-state index is 12.2. The summed E-state index contributed by atoms with van der Waals surface area (Å²) in [6.07, 6.45) is 5.10. The van der Waals surface area contributed by atoms with E-state index in [0.29, 0.717) is 13.0 Å². The van der Waals surface area contributed by atoms with Crippen molar-refractivity contribution >= 4 is 27.8 Å². The van der Waals surface area contributed by atoms with Gasteiger partial charge in [0.05, 0.1) is 11.0 Å². The quantitative estimate of drug-likeness (QED) is 0.493. The number of imidazole rings is 1. The van der Waals surface area contributed by atoms with Gasteiger partial charge in [0.25, 0.3) is 0 Å². The van der Waals surface area contributed by atoms with Gasteiger partial charge in [-0.1, -0.05) is 30.3 Å². The number of carbonyl (C=O) groups excluding carboxylic acids is 1. The molecule has 0 atom stereocenters. The topological polar surface area (TPSA) is 62.7 Å². The Bertz CT molecular complexity index is 1040. The number of nitrogens with zero attached hydrogens (tertiary/aromatic N) is 2. The fraction of sp³-hybridized carbons (Fsp3) is 0.273. The van der Waals surface area contributed by atoms with E-state index in [4.69, 9.17) is 0 Å². The first kappa shape index (κ1) is 17.3. The number of H-pyrrole nitrogens is 1. The van der Waals surface area contributed by atoms with Crippen LogP contribution in [0, 0.1) is 0 Å². The number of hydrogen-bond donors (Lipinski definition) is 2. The Morgan fingerprint density at radius 3 is 2.81 bits per heavy atom. The van der Waals surface area contributed by atoms with E-state index in [9.17, 15) is 4.79 Å². The van der Waals surface area contributed by atoms with E-state index in [0.717, 1.165) is 36.1 Å². The van der Waals surface area contributed by atoms with Gasteiger partial charge in [-0.2, -0.15) is 0 Å². The predicted molar refractivity (Wildman–Crippen MR) is 109 cm³/mol. The van der Waals surface area contributed by atoms with Crippen molar-refractivity contribution in [3.63, 3.8) is 0 Å². The highest BCUT2D eigenvalue weighted by Crippen LogP contribution is 2.21. The number of nitrogens with one attached hydrogen (secondary N) is 2. The van der Waals surface area contributed by atoms with E-state index in [-0.39, 0.29) is 5.91 Å². The van der Waals surface area contributed by atoms with E-state index in [1.54, 1.807) is 0 Å². The number of benzene rings is 2. The average Bonchev–Trinajstić information content (AvgIpc) is 3.24. The molecule has 2 aromatic heterocycles. The summed E-state index contributed by atoms with van der Waals surface area (Å²) >= 11 is 0. The van der Waals surface area contributed by atoms with Crippen molar-refractivity contribution in [3.05, 3.63) is 66.1 Å². The molecule has 0 saturated heterocycles. The molecule has 2 heterocycles. The lowest BCUT2D eigenvalue weighted by Crippen LogP contribution is -2.25. The minimum atomic E-state index is 0.104. The van der Waals surface area contributed by atoms with Crippen LogP contribution in [0.25, 0.3) is 21.9 Å². The number of aromatic nitrogens is 3. The molecule has 1 amide bonds. The number of carbonyl (C=O) groups is 1. The molecule has 0 spiro atoms. The zero-order valence-electron chi connectivity index (χ0n) is 15.5. The third-order valence-electron chi connectivity index (χ3n) is 4.95. The van der Waals surface area contributed by atoms with E-state index < -0.39 is 0 Å². The van der Waals surface area contributed by atoms with Crippen molar-refractivity contribution in [1.29, 1.82) is 0 Å². The largest absolute Gasteiger partial charge is 0.356 e. The second-order valence-electron chi connectivity index (χ2n) is 6.94. The van der Waals surface area contributed by atoms with Gasteiger partial charge in [-0.15, -0.1) is 0 Å². The van der Waals surface area contributed by atoms with Crippen LogP contribution in [0.1, 0.15) is 24.2 Å². The first-order chi connectivity index (χ1) is 13.2. The Labute approximate surface area is 158 Å². The highest BCUT2D eigenvalue weighted by molar-refractivity contribution is 5.85. The molecule has 0 fully saturated rings. The van der Waals surface area contributed by atoms with Crippen molar-refractivity contribution in [2.75, 3.05) is 6.54 Å². The van der Waals surface area contributed by atoms with Gasteiger partial charge in [-0.05, 0) is 36.6 Å². The number of hydrogen-bond acceptors (Lipinski definition) is 2. The molecular formula is C22H24N4O. The Morgan fingerprint density at radius 1 is 1.11 bits per heavy atom. The van der Waals surface area contributed by atoms with Crippen LogP contribution < -0.4 is 5.32 Å². The summed E-state index contributed by atoms with van der Waals surface area (Å²) in [7, 11) is 2.05. The lowest BCUT2D eigenvalue weighted by molar-refractivity contribution is -0.121. The average molecular weight is 360 g/mol. The van der Waals surface area contributed by atoms with Crippen LogP contribution in [0.15, 0.2) is 54.7 Å². The molecule has 0 aliphatic rings. The summed E-state index contributed by atoms with van der Waals surface area (Å²) in [5, 5.41) is 4.26. The second kappa shape index (κ2) is 7.66. The monoisotopic (exact) mass is 360 g/mol. The normalized spacial score (nSPS) is 11.3. The molecule has 5 heteroatoms. The van der Waals surface area contributed by atoms with Crippen LogP contribution in [0.2, 0.25) is 0 Å². The minimum Gasteiger partial charge on any atom is -0.356 e. The van der Waals surface area contributed by atoms with Crippen LogP contribution >= 0.6 is 0 Å². The second-order valence-corrected chi connectivity index (χ2v) is 6.94. The summed E-state index contributed by atoms with van der Waals surface area (Å²) in [4.78, 5) is 20.1. The summed E-state index contributed by atoms with van der Waals surface area (Å²) in [5.41, 5.74) is 4.49. The smallest absolute Gasteiger partial charge is 0.220 e. The Hall–Kier alpha value is -3.08. The molecule has 27 heavy (non-hydrogen) atoms. The van der Waals surface area contributed by atoms with Crippen LogP contribution in [-0.4, -0.2) is 27.0 Å². The summed E-state index contributed by atoms with van der Waals surface area (Å²) in [6.45, 7) is 0.672. The van der Waals surface area contributed by atoms with Crippen LogP contribution in [0.3, 0.4) is 0 Å². The number of aryl methyl sites for hydroxylation is 3. The lowest BCUT2D eigenvalue weighted by Gasteiger charge is -2.04. The zero-order chi connectivity index (χ0) is 18.6. The molecule has 2 aromatic carbocycles. The SMILES string of the molecule is Cn1cc(CCC(=O)NCCCc2nc3ccccc3[nH]2)c2ccccc21. The van der Waals surface area contributed by atoms with Gasteiger partial charge in [0.1, 0.15) is 5.82 Å². The molecule has 4 aromatic rings. The van der Waals surface area contributed by atoms with E-state index in [2.05, 4.69) is 38.2 Å². The Kier molecular flexibility index (Phi) is 4.92. The molecule has 138 valence electrons. The standard InChI is InChI=1S/C22H24N4O/c1-26-15-16(17-7-2-5-10-20(17)26)12-13-22(27)23-14-6-11-21-24-18-8-3-4-9-19(18)25-21/h2-5,7-10,15H,6,11-14H2,1H3,(H,23,27)(H,24,25). The summed E-state index contributed by atoms with van der Waals surface area (Å²) in [5.74, 6) is 1.08. The van der Waals surface area contributed by atoms with Gasteiger partial charge in [0, 0.05) is 43.5 Å². The van der Waals surface area contributed by atoms with Gasteiger partial charge in [-0.25, -0.2) is 4.98 Å². The Balaban J connectivity index is 1.24. The molecular weight excluding hydrogens is 336 g/mol. The fourth-order valence-electron chi connectivity index (χ4n) is 3.57. The number of para-hydroxylation sites is 3. The van der Waals surface area contributed by atoms with Gasteiger partial charge < -0.3 is 14.9 Å². The molecule has 0 aliphatic heterocycles. The molecule has 0 unspecified atom stereocenters. The van der Waals surface area contributed by atoms with Gasteiger partial charge in [0.15, 0.2) is 0 Å².